The van der Waals surface area contributed by atoms with Gasteiger partial charge in [0.15, 0.2) is 6.61 Å². The van der Waals surface area contributed by atoms with Crippen molar-refractivity contribution < 1.29 is 19.1 Å². The molecule has 2 aromatic rings. The lowest BCUT2D eigenvalue weighted by molar-refractivity contribution is -0.118. The smallest absolute Gasteiger partial charge is 0.262 e. The summed E-state index contributed by atoms with van der Waals surface area (Å²) in [5.74, 6) is 1.04. The lowest BCUT2D eigenvalue weighted by Gasteiger charge is -2.18. The minimum absolute atomic E-state index is 0.0534. The Hall–Kier alpha value is -3.06. The van der Waals surface area contributed by atoms with Gasteiger partial charge in [-0.2, -0.15) is 0 Å². The largest absolute Gasteiger partial charge is 0.494 e. The van der Waals surface area contributed by atoms with Gasteiger partial charge in [-0.3, -0.25) is 14.5 Å². The summed E-state index contributed by atoms with van der Waals surface area (Å²) in [6.45, 7) is 10.4. The summed E-state index contributed by atoms with van der Waals surface area (Å²) in [4.78, 5) is 26.4. The van der Waals surface area contributed by atoms with Gasteiger partial charge in [0, 0.05) is 11.4 Å². The van der Waals surface area contributed by atoms with Crippen LogP contribution in [0.2, 0.25) is 0 Å². The molecule has 2 amide bonds. The Morgan fingerprint density at radius 2 is 1.50 bits per heavy atom. The Balaban J connectivity index is 1.85. The molecule has 0 aromatic heterocycles. The molecule has 7 nitrogen and oxygen atoms in total. The quantitative estimate of drug-likeness (QED) is 0.587. The van der Waals surface area contributed by atoms with E-state index in [0.717, 1.165) is 30.1 Å². The molecule has 0 unspecified atom stereocenters. The van der Waals surface area contributed by atoms with E-state index >= 15 is 0 Å². The predicted octanol–water partition coefficient (Wildman–Crippen LogP) is 3.69. The van der Waals surface area contributed by atoms with Gasteiger partial charge in [-0.05, 0) is 75.0 Å². The highest BCUT2D eigenvalue weighted by atomic mass is 16.5. The van der Waals surface area contributed by atoms with Crippen molar-refractivity contribution in [1.82, 2.24) is 4.90 Å². The zero-order chi connectivity index (χ0) is 21.9. The summed E-state index contributed by atoms with van der Waals surface area (Å²) in [6.07, 6.45) is 0. The van der Waals surface area contributed by atoms with E-state index in [4.69, 9.17) is 9.47 Å². The van der Waals surface area contributed by atoms with E-state index in [1.165, 1.54) is 0 Å². The summed E-state index contributed by atoms with van der Waals surface area (Å²) in [7, 11) is 0. The molecule has 2 N–H and O–H groups in total. The standard InChI is InChI=1S/C23H31N3O4/c1-5-26(6-2)15-22(27)25-21-13-8-18(14-17(21)4)24-23(28)16-30-20-11-9-19(10-12-20)29-7-3/h8-14H,5-7,15-16H2,1-4H3,(H,24,28)(H,25,27). The molecule has 0 spiro atoms. The van der Waals surface area contributed by atoms with Crippen LogP contribution in [0.3, 0.4) is 0 Å². The Bertz CT molecular complexity index is 833. The first-order valence-corrected chi connectivity index (χ1v) is 10.2. The third-order valence-electron chi connectivity index (χ3n) is 4.55. The maximum absolute atomic E-state index is 12.2. The molecule has 0 aliphatic rings. The van der Waals surface area contributed by atoms with Crippen molar-refractivity contribution in [1.29, 1.82) is 0 Å². The lowest BCUT2D eigenvalue weighted by Crippen LogP contribution is -2.33. The minimum Gasteiger partial charge on any atom is -0.494 e. The number of nitrogens with zero attached hydrogens (tertiary/aromatic N) is 1. The number of anilines is 2. The van der Waals surface area contributed by atoms with Crippen molar-refractivity contribution in [2.75, 3.05) is 43.5 Å². The maximum Gasteiger partial charge on any atom is 0.262 e. The SMILES string of the molecule is CCOc1ccc(OCC(=O)Nc2ccc(NC(=O)CN(CC)CC)c(C)c2)cc1. The van der Waals surface area contributed by atoms with Crippen LogP contribution in [0.5, 0.6) is 11.5 Å². The van der Waals surface area contributed by atoms with E-state index < -0.39 is 0 Å². The second-order valence-electron chi connectivity index (χ2n) is 6.78. The van der Waals surface area contributed by atoms with Gasteiger partial charge in [0.25, 0.3) is 5.91 Å². The number of rotatable bonds is 11. The summed E-state index contributed by atoms with van der Waals surface area (Å²) in [5, 5.41) is 5.73. The molecule has 30 heavy (non-hydrogen) atoms. The number of hydrogen-bond acceptors (Lipinski definition) is 5. The summed E-state index contributed by atoms with van der Waals surface area (Å²) in [5.41, 5.74) is 2.25. The number of carbonyl (C=O) groups excluding carboxylic acids is 2. The Morgan fingerprint density at radius 3 is 2.07 bits per heavy atom. The molecule has 7 heteroatoms. The van der Waals surface area contributed by atoms with Gasteiger partial charge in [-0.15, -0.1) is 0 Å². The third-order valence-corrected chi connectivity index (χ3v) is 4.55. The number of ether oxygens (including phenoxy) is 2. The van der Waals surface area contributed by atoms with Crippen LogP contribution in [0.15, 0.2) is 42.5 Å². The molecule has 0 heterocycles. The molecule has 0 fully saturated rings. The third kappa shape index (κ3) is 7.40. The topological polar surface area (TPSA) is 79.9 Å². The van der Waals surface area contributed by atoms with E-state index in [9.17, 15) is 9.59 Å². The van der Waals surface area contributed by atoms with Gasteiger partial charge >= 0.3 is 0 Å². The van der Waals surface area contributed by atoms with Crippen LogP contribution in [0, 0.1) is 6.92 Å². The van der Waals surface area contributed by atoms with Gasteiger partial charge in [-0.25, -0.2) is 0 Å². The maximum atomic E-state index is 12.2. The van der Waals surface area contributed by atoms with Crippen molar-refractivity contribution in [3.8, 4) is 11.5 Å². The second kappa shape index (κ2) is 11.8. The highest BCUT2D eigenvalue weighted by Gasteiger charge is 2.10. The fourth-order valence-electron chi connectivity index (χ4n) is 2.87. The monoisotopic (exact) mass is 413 g/mol. The second-order valence-corrected chi connectivity index (χ2v) is 6.78. The minimum atomic E-state index is -0.262. The zero-order valence-corrected chi connectivity index (χ0v) is 18.2. The van der Waals surface area contributed by atoms with E-state index in [-0.39, 0.29) is 18.4 Å². The molecule has 0 saturated heterocycles. The van der Waals surface area contributed by atoms with Crippen molar-refractivity contribution in [2.45, 2.75) is 27.7 Å². The number of carbonyl (C=O) groups is 2. The van der Waals surface area contributed by atoms with Crippen LogP contribution in [0.4, 0.5) is 11.4 Å². The Kier molecular flexibility index (Phi) is 9.15. The summed E-state index contributed by atoms with van der Waals surface area (Å²) < 4.78 is 10.9. The Labute approximate surface area is 178 Å². The zero-order valence-electron chi connectivity index (χ0n) is 18.2. The van der Waals surface area contributed by atoms with Crippen molar-refractivity contribution in [3.05, 3.63) is 48.0 Å². The lowest BCUT2D eigenvalue weighted by atomic mass is 10.1. The van der Waals surface area contributed by atoms with Gasteiger partial charge < -0.3 is 20.1 Å². The summed E-state index contributed by atoms with van der Waals surface area (Å²) >= 11 is 0. The number of likely N-dealkylation sites (N-methyl/N-ethyl adjacent to an activating group) is 1. The van der Waals surface area contributed by atoms with Crippen LogP contribution in [-0.2, 0) is 9.59 Å². The van der Waals surface area contributed by atoms with Crippen LogP contribution in [0.1, 0.15) is 26.3 Å². The highest BCUT2D eigenvalue weighted by Crippen LogP contribution is 2.20. The first kappa shape index (κ1) is 23.2. The average molecular weight is 414 g/mol. The van der Waals surface area contributed by atoms with Gasteiger partial charge in [-0.1, -0.05) is 13.8 Å². The molecule has 0 bridgehead atoms. The molecule has 0 radical (unpaired) electrons. The molecule has 0 aliphatic heterocycles. The molecular formula is C23H31N3O4. The molecule has 2 rings (SSSR count). The molecule has 0 saturated carbocycles. The van der Waals surface area contributed by atoms with Crippen LogP contribution >= 0.6 is 0 Å². The number of hydrogen-bond donors (Lipinski definition) is 2. The normalized spacial score (nSPS) is 10.6. The van der Waals surface area contributed by atoms with Crippen LogP contribution in [0.25, 0.3) is 0 Å². The number of benzene rings is 2. The molecule has 0 aliphatic carbocycles. The van der Waals surface area contributed by atoms with Gasteiger partial charge in [0.2, 0.25) is 5.91 Å². The van der Waals surface area contributed by atoms with Gasteiger partial charge in [0.1, 0.15) is 11.5 Å². The van der Waals surface area contributed by atoms with E-state index in [0.29, 0.717) is 24.6 Å². The van der Waals surface area contributed by atoms with Crippen LogP contribution < -0.4 is 20.1 Å². The van der Waals surface area contributed by atoms with E-state index in [1.54, 1.807) is 36.4 Å². The van der Waals surface area contributed by atoms with Crippen molar-refractivity contribution in [2.24, 2.45) is 0 Å². The number of amides is 2. The fourth-order valence-corrected chi connectivity index (χ4v) is 2.87. The number of nitrogens with one attached hydrogen (secondary N) is 2. The molecule has 162 valence electrons. The van der Waals surface area contributed by atoms with E-state index in [2.05, 4.69) is 10.6 Å². The fraction of sp³-hybridized carbons (Fsp3) is 0.391. The van der Waals surface area contributed by atoms with Crippen molar-refractivity contribution in [3.63, 3.8) is 0 Å². The highest BCUT2D eigenvalue weighted by molar-refractivity contribution is 5.95. The first-order valence-electron chi connectivity index (χ1n) is 10.2. The number of aryl methyl sites for hydroxylation is 1. The molecular weight excluding hydrogens is 382 g/mol. The molecule has 0 atom stereocenters. The summed E-state index contributed by atoms with van der Waals surface area (Å²) in [6, 6.07) is 12.5. The van der Waals surface area contributed by atoms with Crippen molar-refractivity contribution >= 4 is 23.2 Å². The Morgan fingerprint density at radius 1 is 0.867 bits per heavy atom. The first-order chi connectivity index (χ1) is 14.4. The van der Waals surface area contributed by atoms with E-state index in [1.807, 2.05) is 38.7 Å². The van der Waals surface area contributed by atoms with Gasteiger partial charge in [0.05, 0.1) is 13.2 Å². The van der Waals surface area contributed by atoms with Crippen LogP contribution in [-0.4, -0.2) is 49.6 Å². The average Bonchev–Trinajstić information content (AvgIpc) is 2.73. The predicted molar refractivity (Wildman–Crippen MR) is 119 cm³/mol. The molecule has 2 aromatic carbocycles.